The quantitative estimate of drug-likeness (QED) is 0.551. The third kappa shape index (κ3) is 5.24. The molecule has 0 aliphatic carbocycles. The van der Waals surface area contributed by atoms with Crippen molar-refractivity contribution < 1.29 is 45.0 Å². The highest BCUT2D eigenvalue weighted by Gasteiger charge is 2.59. The van der Waals surface area contributed by atoms with Crippen molar-refractivity contribution in [3.05, 3.63) is 46.5 Å². The number of ether oxygens (including phenoxy) is 2. The molecular formula is C19H15ClF7N5O3. The third-order valence-electron chi connectivity index (χ3n) is 4.95. The van der Waals surface area contributed by atoms with Crippen molar-refractivity contribution in [2.75, 3.05) is 11.9 Å². The Morgan fingerprint density at radius 1 is 1.23 bits per heavy atom. The van der Waals surface area contributed by atoms with E-state index in [2.05, 4.69) is 20.3 Å². The predicted octanol–water partition coefficient (Wildman–Crippen LogP) is 4.82. The standard InChI is InChI=1S/C19H15ClF7N5O3/c1-16(7-34-17(2,14(28)32-16)19(25,26)27)12-10(21)3-4-11(30-12)31-15(33)35-13-9(20)5-8(6-29-13)18(22,23)24/h3-6H,7H2,1-2H3,(H2,28,32)(H,30,31,33). The maximum absolute atomic E-state index is 14.5. The van der Waals surface area contributed by atoms with Gasteiger partial charge in [-0.15, -0.1) is 0 Å². The Balaban J connectivity index is 1.82. The second kappa shape index (κ2) is 8.78. The number of carbonyl (C=O) groups excluding carboxylic acids is 1. The minimum Gasteiger partial charge on any atom is -0.389 e. The van der Waals surface area contributed by atoms with E-state index in [0.29, 0.717) is 19.2 Å². The Hall–Kier alpha value is -3.20. The number of halogens is 8. The third-order valence-corrected chi connectivity index (χ3v) is 5.22. The van der Waals surface area contributed by atoms with E-state index >= 15 is 0 Å². The monoisotopic (exact) mass is 529 g/mol. The molecular weight excluding hydrogens is 515 g/mol. The van der Waals surface area contributed by atoms with Gasteiger partial charge in [0.1, 0.15) is 33.7 Å². The smallest absolute Gasteiger partial charge is 0.389 e. The van der Waals surface area contributed by atoms with Crippen molar-refractivity contribution in [1.82, 2.24) is 9.97 Å². The second-order valence-corrected chi connectivity index (χ2v) is 8.05. The van der Waals surface area contributed by atoms with Gasteiger partial charge in [-0.3, -0.25) is 10.3 Å². The van der Waals surface area contributed by atoms with Gasteiger partial charge in [0.15, 0.2) is 0 Å². The largest absolute Gasteiger partial charge is 0.424 e. The zero-order valence-electron chi connectivity index (χ0n) is 17.7. The van der Waals surface area contributed by atoms with Gasteiger partial charge < -0.3 is 15.2 Å². The molecule has 0 spiro atoms. The van der Waals surface area contributed by atoms with Crippen molar-refractivity contribution >= 4 is 29.3 Å². The van der Waals surface area contributed by atoms with Crippen LogP contribution in [0.1, 0.15) is 25.1 Å². The first kappa shape index (κ1) is 26.4. The molecule has 1 aliphatic heterocycles. The molecule has 0 saturated heterocycles. The Morgan fingerprint density at radius 2 is 1.89 bits per heavy atom. The molecule has 2 aromatic rings. The fourth-order valence-corrected chi connectivity index (χ4v) is 3.08. The topological polar surface area (TPSA) is 112 Å². The number of aliphatic imine (C=N–C) groups is 1. The van der Waals surface area contributed by atoms with E-state index in [9.17, 15) is 35.5 Å². The van der Waals surface area contributed by atoms with Crippen LogP contribution in [0.4, 0.5) is 41.3 Å². The SMILES string of the molecule is CC1(c2nc(NC(=O)Oc3ncc(C(F)(F)F)cc3Cl)ccc2F)COC(C)(C(F)(F)F)C(N)=N1. The van der Waals surface area contributed by atoms with E-state index in [4.69, 9.17) is 26.8 Å². The summed E-state index contributed by atoms with van der Waals surface area (Å²) in [5.74, 6) is -2.94. The fourth-order valence-electron chi connectivity index (χ4n) is 2.87. The molecule has 2 unspecified atom stereocenters. The molecule has 16 heteroatoms. The van der Waals surface area contributed by atoms with Gasteiger partial charge in [0.25, 0.3) is 0 Å². The van der Waals surface area contributed by atoms with Crippen LogP contribution in [0, 0.1) is 5.82 Å². The molecule has 0 saturated carbocycles. The molecule has 2 atom stereocenters. The first-order valence-electron chi connectivity index (χ1n) is 9.41. The van der Waals surface area contributed by atoms with Gasteiger partial charge in [0.2, 0.25) is 11.5 Å². The lowest BCUT2D eigenvalue weighted by Gasteiger charge is -2.40. The average molecular weight is 530 g/mol. The number of nitrogens with one attached hydrogen (secondary N) is 1. The average Bonchev–Trinajstić information content (AvgIpc) is 2.72. The Morgan fingerprint density at radius 3 is 2.43 bits per heavy atom. The second-order valence-electron chi connectivity index (χ2n) is 7.64. The number of carbonyl (C=O) groups is 1. The van der Waals surface area contributed by atoms with Crippen molar-refractivity contribution in [1.29, 1.82) is 0 Å². The van der Waals surface area contributed by atoms with Crippen LogP contribution in [-0.2, 0) is 16.5 Å². The van der Waals surface area contributed by atoms with Crippen molar-refractivity contribution in [3.63, 3.8) is 0 Å². The summed E-state index contributed by atoms with van der Waals surface area (Å²) >= 11 is 5.66. The van der Waals surface area contributed by atoms with E-state index in [1.807, 2.05) is 0 Å². The first-order chi connectivity index (χ1) is 16.0. The van der Waals surface area contributed by atoms with E-state index in [0.717, 1.165) is 12.1 Å². The number of nitrogens with zero attached hydrogens (tertiary/aromatic N) is 3. The van der Waals surface area contributed by atoms with Crippen LogP contribution < -0.4 is 15.8 Å². The highest BCUT2D eigenvalue weighted by atomic mass is 35.5. The number of hydrogen-bond donors (Lipinski definition) is 2. The van der Waals surface area contributed by atoms with E-state index in [1.165, 1.54) is 6.92 Å². The zero-order chi connectivity index (χ0) is 26.4. The molecule has 35 heavy (non-hydrogen) atoms. The highest BCUT2D eigenvalue weighted by Crippen LogP contribution is 2.41. The van der Waals surface area contributed by atoms with Crippen LogP contribution in [-0.4, -0.2) is 40.3 Å². The number of alkyl halides is 6. The molecule has 3 heterocycles. The van der Waals surface area contributed by atoms with Gasteiger partial charge in [0.05, 0.1) is 12.2 Å². The highest BCUT2D eigenvalue weighted by molar-refractivity contribution is 6.32. The normalized spacial score (nSPS) is 23.0. The number of amidine groups is 1. The summed E-state index contributed by atoms with van der Waals surface area (Å²) in [5.41, 5.74) is -0.874. The van der Waals surface area contributed by atoms with Gasteiger partial charge in [-0.05, 0) is 32.0 Å². The summed E-state index contributed by atoms with van der Waals surface area (Å²) < 4.78 is 102. The Kier molecular flexibility index (Phi) is 6.63. The van der Waals surface area contributed by atoms with Crippen LogP contribution in [0.15, 0.2) is 29.4 Å². The van der Waals surface area contributed by atoms with Gasteiger partial charge in [-0.2, -0.15) is 26.3 Å². The summed E-state index contributed by atoms with van der Waals surface area (Å²) in [7, 11) is 0. The minimum atomic E-state index is -4.89. The number of aromatic nitrogens is 2. The molecule has 8 nitrogen and oxygen atoms in total. The van der Waals surface area contributed by atoms with Gasteiger partial charge in [-0.1, -0.05) is 11.6 Å². The van der Waals surface area contributed by atoms with Gasteiger partial charge in [-0.25, -0.2) is 19.2 Å². The lowest BCUT2D eigenvalue weighted by atomic mass is 9.93. The summed E-state index contributed by atoms with van der Waals surface area (Å²) in [6.07, 6.45) is -10.5. The first-order valence-corrected chi connectivity index (χ1v) is 9.79. The molecule has 2 aromatic heterocycles. The molecule has 0 radical (unpaired) electrons. The molecule has 0 fully saturated rings. The van der Waals surface area contributed by atoms with Gasteiger partial charge >= 0.3 is 18.4 Å². The summed E-state index contributed by atoms with van der Waals surface area (Å²) in [4.78, 5) is 23.1. The summed E-state index contributed by atoms with van der Waals surface area (Å²) in [6.45, 7) is 1.13. The Bertz CT molecular complexity index is 1190. The molecule has 1 amide bonds. The summed E-state index contributed by atoms with van der Waals surface area (Å²) in [5, 5.41) is 1.46. The van der Waals surface area contributed by atoms with Crippen molar-refractivity contribution in [2.45, 2.75) is 37.3 Å². The fraction of sp³-hybridized carbons (Fsp3) is 0.368. The van der Waals surface area contributed by atoms with E-state index in [1.54, 1.807) is 0 Å². The maximum atomic E-state index is 14.5. The van der Waals surface area contributed by atoms with Crippen LogP contribution in [0.2, 0.25) is 5.02 Å². The van der Waals surface area contributed by atoms with Crippen LogP contribution in [0.3, 0.4) is 0 Å². The van der Waals surface area contributed by atoms with Gasteiger partial charge in [0, 0.05) is 6.20 Å². The number of rotatable bonds is 3. The van der Waals surface area contributed by atoms with Crippen molar-refractivity contribution in [2.24, 2.45) is 10.7 Å². The number of anilines is 1. The molecule has 3 N–H and O–H groups in total. The van der Waals surface area contributed by atoms with E-state index < -0.39 is 70.0 Å². The lowest BCUT2D eigenvalue weighted by molar-refractivity contribution is -0.249. The predicted molar refractivity (Wildman–Crippen MR) is 107 cm³/mol. The van der Waals surface area contributed by atoms with Crippen LogP contribution >= 0.6 is 11.6 Å². The van der Waals surface area contributed by atoms with Crippen LogP contribution in [0.5, 0.6) is 5.88 Å². The maximum Gasteiger partial charge on any atom is 0.424 e. The number of pyridine rings is 2. The van der Waals surface area contributed by atoms with Crippen LogP contribution in [0.25, 0.3) is 0 Å². The lowest BCUT2D eigenvalue weighted by Crippen LogP contribution is -2.60. The molecule has 3 rings (SSSR count). The van der Waals surface area contributed by atoms with Crippen molar-refractivity contribution in [3.8, 4) is 5.88 Å². The molecule has 190 valence electrons. The zero-order valence-corrected chi connectivity index (χ0v) is 18.4. The molecule has 0 bridgehead atoms. The molecule has 0 aromatic carbocycles. The minimum absolute atomic E-state index is 0.339. The summed E-state index contributed by atoms with van der Waals surface area (Å²) in [6, 6.07) is 2.32. The molecule has 1 aliphatic rings. The number of hydrogen-bond acceptors (Lipinski definition) is 7. The number of amides is 1. The van der Waals surface area contributed by atoms with E-state index in [-0.39, 0.29) is 5.82 Å². The Labute approximate surface area is 197 Å². The number of nitrogens with two attached hydrogens (primary N) is 1.